The number of benzene rings is 2. The highest BCUT2D eigenvalue weighted by Crippen LogP contribution is 2.42. The number of nitrogens with zero attached hydrogens (tertiary/aromatic N) is 2. The Morgan fingerprint density at radius 1 is 1.12 bits per heavy atom. The van der Waals surface area contributed by atoms with Crippen molar-refractivity contribution < 1.29 is 9.53 Å². The lowest BCUT2D eigenvalue weighted by molar-refractivity contribution is -0.133. The summed E-state index contributed by atoms with van der Waals surface area (Å²) >= 11 is 14.2. The van der Waals surface area contributed by atoms with Crippen molar-refractivity contribution in [2.24, 2.45) is 4.99 Å². The van der Waals surface area contributed by atoms with Crippen molar-refractivity contribution in [2.75, 3.05) is 7.11 Å². The predicted molar refractivity (Wildman–Crippen MR) is 136 cm³/mol. The number of rotatable bonds is 3. The van der Waals surface area contributed by atoms with Crippen LogP contribution in [0, 0.1) is 0 Å². The zero-order valence-corrected chi connectivity index (χ0v) is 20.6. The van der Waals surface area contributed by atoms with E-state index in [1.165, 1.54) is 24.5 Å². The monoisotopic (exact) mass is 510 g/mol. The maximum absolute atomic E-state index is 13.4. The summed E-state index contributed by atoms with van der Waals surface area (Å²) in [7, 11) is 1.28. The molecule has 2 aliphatic rings. The van der Waals surface area contributed by atoms with E-state index in [0.717, 1.165) is 47.2 Å². The van der Waals surface area contributed by atoms with Crippen LogP contribution in [0.2, 0.25) is 10.0 Å². The highest BCUT2D eigenvalue weighted by atomic mass is 35.5. The lowest BCUT2D eigenvalue weighted by atomic mass is 9.84. The van der Waals surface area contributed by atoms with Gasteiger partial charge in [0.1, 0.15) is 4.53 Å². The van der Waals surface area contributed by atoms with Gasteiger partial charge in [0.2, 0.25) is 0 Å². The van der Waals surface area contributed by atoms with Crippen molar-refractivity contribution in [1.82, 2.24) is 4.57 Å². The summed E-state index contributed by atoms with van der Waals surface area (Å²) in [5.74, 6) is -0.581. The summed E-state index contributed by atoms with van der Waals surface area (Å²) in [4.78, 5) is 30.8. The van der Waals surface area contributed by atoms with Gasteiger partial charge in [-0.3, -0.25) is 9.36 Å². The molecular formula is C26H20Cl2N2O3S. The number of halogens is 2. The molecule has 1 aromatic heterocycles. The second kappa shape index (κ2) is 9.37. The molecule has 0 fully saturated rings. The third-order valence-electron chi connectivity index (χ3n) is 6.02. The van der Waals surface area contributed by atoms with E-state index in [1.807, 2.05) is 48.5 Å². The quantitative estimate of drug-likeness (QED) is 0.470. The summed E-state index contributed by atoms with van der Waals surface area (Å²) in [6.07, 6.45) is 5.84. The van der Waals surface area contributed by atoms with Crippen molar-refractivity contribution in [3.63, 3.8) is 0 Å². The number of carbonyl (C=O) groups is 1. The molecule has 0 bridgehead atoms. The minimum Gasteiger partial charge on any atom is -0.466 e. The van der Waals surface area contributed by atoms with Gasteiger partial charge in [0.15, 0.2) is 4.80 Å². The van der Waals surface area contributed by atoms with Gasteiger partial charge in [0.05, 0.1) is 18.8 Å². The maximum Gasteiger partial charge on any atom is 0.332 e. The van der Waals surface area contributed by atoms with Gasteiger partial charge in [-0.05, 0) is 59.7 Å². The largest absolute Gasteiger partial charge is 0.466 e. The number of fused-ring (bicyclic) bond motifs is 1. The van der Waals surface area contributed by atoms with E-state index in [4.69, 9.17) is 32.9 Å². The van der Waals surface area contributed by atoms with Crippen LogP contribution in [-0.2, 0) is 9.53 Å². The Labute approximate surface area is 209 Å². The second-order valence-electron chi connectivity index (χ2n) is 8.05. The fraction of sp³-hybridized carbons (Fsp3) is 0.192. The molecule has 3 aromatic rings. The first kappa shape index (κ1) is 22.8. The highest BCUT2D eigenvalue weighted by molar-refractivity contribution is 7.07. The van der Waals surface area contributed by atoms with Crippen LogP contribution < -0.4 is 14.9 Å². The van der Waals surface area contributed by atoms with Crippen LogP contribution >= 0.6 is 34.5 Å². The second-order valence-corrected chi connectivity index (χ2v) is 9.87. The summed E-state index contributed by atoms with van der Waals surface area (Å²) in [5.41, 5.74) is 4.43. The van der Waals surface area contributed by atoms with Gasteiger partial charge in [-0.1, -0.05) is 70.9 Å². The number of ether oxygens (including phenoxy) is 1. The van der Waals surface area contributed by atoms with Crippen LogP contribution in [0.3, 0.4) is 0 Å². The molecule has 0 spiro atoms. The van der Waals surface area contributed by atoms with Gasteiger partial charge in [0.25, 0.3) is 5.56 Å². The predicted octanol–water partition coefficient (Wildman–Crippen LogP) is 4.91. The topological polar surface area (TPSA) is 60.7 Å². The molecule has 5 rings (SSSR count). The Morgan fingerprint density at radius 3 is 2.59 bits per heavy atom. The third-order valence-corrected chi connectivity index (χ3v) is 7.69. The Bertz CT molecular complexity index is 1550. The zero-order chi connectivity index (χ0) is 23.8. The van der Waals surface area contributed by atoms with Crippen molar-refractivity contribution in [2.45, 2.75) is 25.3 Å². The van der Waals surface area contributed by atoms with Crippen LogP contribution in [0.5, 0.6) is 0 Å². The molecular weight excluding hydrogens is 491 g/mol. The van der Waals surface area contributed by atoms with Gasteiger partial charge in [-0.15, -0.1) is 0 Å². The number of methoxy groups -OCH3 is 1. The van der Waals surface area contributed by atoms with E-state index in [9.17, 15) is 9.59 Å². The van der Waals surface area contributed by atoms with E-state index in [2.05, 4.69) is 6.08 Å². The van der Waals surface area contributed by atoms with Gasteiger partial charge in [-0.25, -0.2) is 9.79 Å². The Morgan fingerprint density at radius 2 is 1.85 bits per heavy atom. The average molecular weight is 511 g/mol. The molecule has 1 aliphatic carbocycles. The van der Waals surface area contributed by atoms with Crippen molar-refractivity contribution >= 4 is 52.7 Å². The minimum absolute atomic E-state index is 0.277. The van der Waals surface area contributed by atoms with Crippen LogP contribution in [0.1, 0.15) is 36.4 Å². The third kappa shape index (κ3) is 4.06. The molecule has 0 N–H and O–H groups in total. The first-order valence-corrected chi connectivity index (χ1v) is 12.4. The number of allylic oxidation sites excluding steroid dienone is 2. The lowest BCUT2D eigenvalue weighted by Gasteiger charge is -2.31. The SMILES string of the molecule is COC(=O)/C=c1\sc2n(c1=O)[C@H](c1ccccc1Cl)C1=C(N=2)/C(=C/c2ccccc2Cl)CCC1. The summed E-state index contributed by atoms with van der Waals surface area (Å²) in [6.45, 7) is 0. The van der Waals surface area contributed by atoms with Crippen LogP contribution in [-0.4, -0.2) is 17.6 Å². The molecule has 0 saturated carbocycles. The van der Waals surface area contributed by atoms with E-state index in [-0.39, 0.29) is 10.1 Å². The van der Waals surface area contributed by atoms with Crippen molar-refractivity contribution in [3.8, 4) is 0 Å². The molecule has 172 valence electrons. The van der Waals surface area contributed by atoms with E-state index in [0.29, 0.717) is 14.8 Å². The van der Waals surface area contributed by atoms with Crippen molar-refractivity contribution in [3.05, 3.63) is 106 Å². The number of hydrogen-bond donors (Lipinski definition) is 0. The molecule has 2 heterocycles. The first-order valence-electron chi connectivity index (χ1n) is 10.8. The Hall–Kier alpha value is -2.93. The first-order chi connectivity index (χ1) is 16.5. The highest BCUT2D eigenvalue weighted by Gasteiger charge is 2.33. The smallest absolute Gasteiger partial charge is 0.332 e. The lowest BCUT2D eigenvalue weighted by Crippen LogP contribution is -2.39. The molecule has 5 nitrogen and oxygen atoms in total. The average Bonchev–Trinajstić information content (AvgIpc) is 3.14. The fourth-order valence-corrected chi connectivity index (χ4v) is 5.87. The van der Waals surface area contributed by atoms with Crippen LogP contribution in [0.15, 0.2) is 75.2 Å². The van der Waals surface area contributed by atoms with Gasteiger partial charge >= 0.3 is 5.97 Å². The molecule has 0 saturated heterocycles. The molecule has 0 radical (unpaired) electrons. The number of carbonyl (C=O) groups excluding carboxylic acids is 1. The molecule has 1 aliphatic heterocycles. The van der Waals surface area contributed by atoms with Crippen LogP contribution in [0.25, 0.3) is 12.2 Å². The summed E-state index contributed by atoms with van der Waals surface area (Å²) in [6, 6.07) is 14.8. The van der Waals surface area contributed by atoms with Crippen molar-refractivity contribution in [1.29, 1.82) is 0 Å². The standard InChI is InChI=1S/C26H20Cl2N2O3S/c1-33-22(31)14-21-25(32)30-24(17-9-3-5-12-20(17)28)18-10-6-8-16(23(18)29-26(30)34-21)13-15-7-2-4-11-19(15)27/h2-5,7,9,11-14,24H,6,8,10H2,1H3/b16-13+,21-14-/t24-/m1/s1. The zero-order valence-electron chi connectivity index (χ0n) is 18.3. The molecule has 34 heavy (non-hydrogen) atoms. The number of aromatic nitrogens is 1. The van der Waals surface area contributed by atoms with E-state index < -0.39 is 12.0 Å². The summed E-state index contributed by atoms with van der Waals surface area (Å²) in [5, 5.41) is 1.25. The fourth-order valence-electron chi connectivity index (χ4n) is 4.48. The van der Waals surface area contributed by atoms with Crippen LogP contribution in [0.4, 0.5) is 0 Å². The number of hydrogen-bond acceptors (Lipinski definition) is 5. The Balaban J connectivity index is 1.79. The molecule has 0 amide bonds. The number of thiazole rings is 1. The normalized spacial score (nSPS) is 19.0. The van der Waals surface area contributed by atoms with Gasteiger partial charge in [0, 0.05) is 16.1 Å². The van der Waals surface area contributed by atoms with E-state index in [1.54, 1.807) is 4.57 Å². The summed E-state index contributed by atoms with van der Waals surface area (Å²) < 4.78 is 6.67. The maximum atomic E-state index is 13.4. The van der Waals surface area contributed by atoms with E-state index >= 15 is 0 Å². The molecule has 2 aromatic carbocycles. The van der Waals surface area contributed by atoms with Gasteiger partial charge in [-0.2, -0.15) is 0 Å². The molecule has 8 heteroatoms. The number of esters is 1. The minimum atomic E-state index is -0.581. The molecule has 1 atom stereocenters. The molecule has 0 unspecified atom stereocenters. The Kier molecular flexibility index (Phi) is 6.30. The van der Waals surface area contributed by atoms with Gasteiger partial charge < -0.3 is 4.74 Å².